The van der Waals surface area contributed by atoms with Crippen molar-refractivity contribution >= 4 is 34.5 Å². The third kappa shape index (κ3) is 5.16. The lowest BCUT2D eigenvalue weighted by Gasteiger charge is -2.16. The molecule has 0 saturated heterocycles. The summed E-state index contributed by atoms with van der Waals surface area (Å²) in [6, 6.07) is 11.4. The minimum Gasteiger partial charge on any atom is -0.481 e. The number of carboxylic acid groups (broad SMARTS) is 1. The Kier molecular flexibility index (Phi) is 6.40. The largest absolute Gasteiger partial charge is 0.481 e. The zero-order valence-corrected chi connectivity index (χ0v) is 16.7. The molecule has 0 aliphatic heterocycles. The molecule has 2 aromatic carbocycles. The molecule has 1 heterocycles. The lowest BCUT2D eigenvalue weighted by molar-refractivity contribution is -0.137. The Bertz CT molecular complexity index is 974. The summed E-state index contributed by atoms with van der Waals surface area (Å²) in [6.45, 7) is 0. The number of aliphatic carboxylic acids is 1. The first-order valence-electron chi connectivity index (χ1n) is 8.38. The SMILES string of the molecule is O=C(O)C[C@@H](Cc1ccc(-c2cc(I)ccc2F)cc1)NC(=O)c1cnco1. The molecule has 0 radical (unpaired) electrons. The molecule has 1 atom stereocenters. The van der Waals surface area contributed by atoms with Gasteiger partial charge >= 0.3 is 5.97 Å². The highest BCUT2D eigenvalue weighted by Gasteiger charge is 2.19. The topological polar surface area (TPSA) is 92.4 Å². The van der Waals surface area contributed by atoms with Gasteiger partial charge < -0.3 is 14.8 Å². The van der Waals surface area contributed by atoms with Crippen LogP contribution in [0.4, 0.5) is 4.39 Å². The number of nitrogens with zero attached hydrogens (tertiary/aromatic N) is 1. The molecule has 0 unspecified atom stereocenters. The zero-order chi connectivity index (χ0) is 20.1. The van der Waals surface area contributed by atoms with Crippen molar-refractivity contribution in [2.24, 2.45) is 0 Å². The predicted molar refractivity (Wildman–Crippen MR) is 108 cm³/mol. The van der Waals surface area contributed by atoms with Gasteiger partial charge in [-0.25, -0.2) is 9.37 Å². The van der Waals surface area contributed by atoms with Crippen LogP contribution < -0.4 is 5.32 Å². The van der Waals surface area contributed by atoms with Crippen LogP contribution in [0.25, 0.3) is 11.1 Å². The van der Waals surface area contributed by atoms with E-state index in [9.17, 15) is 14.0 Å². The molecular weight excluding hydrogens is 478 g/mol. The number of hydrogen-bond acceptors (Lipinski definition) is 4. The fourth-order valence-corrected chi connectivity index (χ4v) is 3.28. The van der Waals surface area contributed by atoms with E-state index in [0.29, 0.717) is 12.0 Å². The van der Waals surface area contributed by atoms with Crippen LogP contribution >= 0.6 is 22.6 Å². The standard InChI is InChI=1S/C20H16FIN2O4/c21-17-6-5-14(22)8-16(17)13-3-1-12(2-4-13)7-15(9-19(25)26)24-20(27)18-10-23-11-28-18/h1-6,8,10-11,15H,7,9H2,(H,24,27)(H,25,26)/t15-/m1/s1. The van der Waals surface area contributed by atoms with Crippen molar-refractivity contribution in [3.8, 4) is 11.1 Å². The first kappa shape index (κ1) is 20.0. The third-order valence-corrected chi connectivity index (χ3v) is 4.76. The van der Waals surface area contributed by atoms with E-state index in [4.69, 9.17) is 9.52 Å². The van der Waals surface area contributed by atoms with Crippen molar-refractivity contribution < 1.29 is 23.5 Å². The molecule has 8 heteroatoms. The maximum atomic E-state index is 14.1. The van der Waals surface area contributed by atoms with Crippen LogP contribution in [0.2, 0.25) is 0 Å². The van der Waals surface area contributed by atoms with Crippen LogP contribution in [0.3, 0.4) is 0 Å². The fraction of sp³-hybridized carbons (Fsp3) is 0.150. The lowest BCUT2D eigenvalue weighted by atomic mass is 9.99. The summed E-state index contributed by atoms with van der Waals surface area (Å²) in [5.41, 5.74) is 2.04. The smallest absolute Gasteiger partial charge is 0.305 e. The third-order valence-electron chi connectivity index (χ3n) is 4.09. The predicted octanol–water partition coefficient (Wildman–Crippen LogP) is 3.90. The number of amides is 1. The van der Waals surface area contributed by atoms with Gasteiger partial charge in [0.25, 0.3) is 5.91 Å². The Balaban J connectivity index is 1.74. The summed E-state index contributed by atoms with van der Waals surface area (Å²) >= 11 is 2.12. The van der Waals surface area contributed by atoms with Gasteiger partial charge in [-0.3, -0.25) is 9.59 Å². The van der Waals surface area contributed by atoms with E-state index in [1.54, 1.807) is 36.4 Å². The molecule has 0 fully saturated rings. The van der Waals surface area contributed by atoms with Crippen LogP contribution in [0, 0.1) is 9.39 Å². The Hall–Kier alpha value is -2.75. The number of carboxylic acids is 1. The highest BCUT2D eigenvalue weighted by Crippen LogP contribution is 2.25. The van der Waals surface area contributed by atoms with Crippen molar-refractivity contribution in [3.05, 3.63) is 75.8 Å². The number of hydrogen-bond donors (Lipinski definition) is 2. The number of benzene rings is 2. The maximum Gasteiger partial charge on any atom is 0.305 e. The Morgan fingerprint density at radius 3 is 2.61 bits per heavy atom. The molecule has 3 rings (SSSR count). The lowest BCUT2D eigenvalue weighted by Crippen LogP contribution is -2.38. The molecule has 1 aromatic heterocycles. The Morgan fingerprint density at radius 2 is 1.96 bits per heavy atom. The molecule has 6 nitrogen and oxygen atoms in total. The quantitative estimate of drug-likeness (QED) is 0.487. The molecule has 1 amide bonds. The van der Waals surface area contributed by atoms with Crippen molar-refractivity contribution in [2.45, 2.75) is 18.9 Å². The van der Waals surface area contributed by atoms with Gasteiger partial charge in [0, 0.05) is 15.2 Å². The fourth-order valence-electron chi connectivity index (χ4n) is 2.79. The average Bonchev–Trinajstić information content (AvgIpc) is 3.19. The number of halogens is 2. The van der Waals surface area contributed by atoms with E-state index in [1.807, 2.05) is 0 Å². The summed E-state index contributed by atoms with van der Waals surface area (Å²) in [5, 5.41) is 11.8. The summed E-state index contributed by atoms with van der Waals surface area (Å²) < 4.78 is 19.9. The maximum absolute atomic E-state index is 14.1. The monoisotopic (exact) mass is 494 g/mol. The summed E-state index contributed by atoms with van der Waals surface area (Å²) in [5.74, 6) is -1.85. The van der Waals surface area contributed by atoms with E-state index in [-0.39, 0.29) is 18.0 Å². The highest BCUT2D eigenvalue weighted by atomic mass is 127. The molecule has 0 aliphatic rings. The van der Waals surface area contributed by atoms with E-state index in [2.05, 4.69) is 32.9 Å². The molecular formula is C20H16FIN2O4. The summed E-state index contributed by atoms with van der Waals surface area (Å²) in [4.78, 5) is 26.9. The van der Waals surface area contributed by atoms with Crippen molar-refractivity contribution in [1.82, 2.24) is 10.3 Å². The van der Waals surface area contributed by atoms with Gasteiger partial charge in [-0.15, -0.1) is 0 Å². The minimum atomic E-state index is -1.03. The van der Waals surface area contributed by atoms with E-state index in [1.165, 1.54) is 12.3 Å². The first-order chi connectivity index (χ1) is 13.4. The van der Waals surface area contributed by atoms with Gasteiger partial charge in [0.05, 0.1) is 12.6 Å². The Labute approximate surface area is 173 Å². The number of carbonyl (C=O) groups excluding carboxylic acids is 1. The number of carbonyl (C=O) groups is 2. The number of oxazole rings is 1. The number of rotatable bonds is 7. The molecule has 0 spiro atoms. The minimum absolute atomic E-state index is 0.0138. The van der Waals surface area contributed by atoms with Gasteiger partial charge in [0.1, 0.15) is 5.82 Å². The van der Waals surface area contributed by atoms with Crippen LogP contribution in [-0.2, 0) is 11.2 Å². The van der Waals surface area contributed by atoms with E-state index < -0.39 is 17.9 Å². The normalized spacial score (nSPS) is 11.8. The van der Waals surface area contributed by atoms with Crippen molar-refractivity contribution in [1.29, 1.82) is 0 Å². The molecule has 0 aliphatic carbocycles. The van der Waals surface area contributed by atoms with E-state index >= 15 is 0 Å². The van der Waals surface area contributed by atoms with Crippen LogP contribution in [0.15, 0.2) is 59.5 Å². The molecule has 28 heavy (non-hydrogen) atoms. The van der Waals surface area contributed by atoms with Crippen molar-refractivity contribution in [3.63, 3.8) is 0 Å². The summed E-state index contributed by atoms with van der Waals surface area (Å²) in [6.07, 6.45) is 2.45. The molecule has 0 bridgehead atoms. The second-order valence-corrected chi connectivity index (χ2v) is 7.40. The molecule has 0 saturated carbocycles. The Morgan fingerprint density at radius 1 is 1.21 bits per heavy atom. The molecule has 2 N–H and O–H groups in total. The van der Waals surface area contributed by atoms with Gasteiger partial charge in [-0.1, -0.05) is 24.3 Å². The second kappa shape index (κ2) is 8.96. The first-order valence-corrected chi connectivity index (χ1v) is 9.46. The average molecular weight is 494 g/mol. The highest BCUT2D eigenvalue weighted by molar-refractivity contribution is 14.1. The van der Waals surface area contributed by atoms with Crippen LogP contribution in [0.1, 0.15) is 22.5 Å². The second-order valence-electron chi connectivity index (χ2n) is 6.16. The zero-order valence-electron chi connectivity index (χ0n) is 14.6. The van der Waals surface area contributed by atoms with Crippen LogP contribution in [0.5, 0.6) is 0 Å². The number of aromatic nitrogens is 1. The van der Waals surface area contributed by atoms with E-state index in [0.717, 1.165) is 21.1 Å². The van der Waals surface area contributed by atoms with Crippen LogP contribution in [-0.4, -0.2) is 28.0 Å². The number of nitrogens with one attached hydrogen (secondary N) is 1. The van der Waals surface area contributed by atoms with Gasteiger partial charge in [-0.05, 0) is 58.3 Å². The summed E-state index contributed by atoms with van der Waals surface area (Å²) in [7, 11) is 0. The van der Waals surface area contributed by atoms with Crippen molar-refractivity contribution in [2.75, 3.05) is 0 Å². The van der Waals surface area contributed by atoms with Gasteiger partial charge in [-0.2, -0.15) is 0 Å². The van der Waals surface area contributed by atoms with Gasteiger partial charge in [0.15, 0.2) is 6.39 Å². The molecule has 3 aromatic rings. The molecule has 144 valence electrons. The van der Waals surface area contributed by atoms with Gasteiger partial charge in [0.2, 0.25) is 5.76 Å².